The molecule has 0 aliphatic carbocycles. The van der Waals surface area contributed by atoms with Gasteiger partial charge in [-0.05, 0) is 6.92 Å². The van der Waals surface area contributed by atoms with E-state index in [0.29, 0.717) is 25.0 Å². The van der Waals surface area contributed by atoms with Crippen LogP contribution in [0.3, 0.4) is 0 Å². The highest BCUT2D eigenvalue weighted by atomic mass is 32.1. The van der Waals surface area contributed by atoms with E-state index in [0.717, 1.165) is 12.3 Å². The average Bonchev–Trinajstić information content (AvgIpc) is 2.51. The van der Waals surface area contributed by atoms with Gasteiger partial charge in [-0.15, -0.1) is 11.3 Å². The predicted octanol–water partition coefficient (Wildman–Crippen LogP) is 1.28. The van der Waals surface area contributed by atoms with Crippen molar-refractivity contribution in [3.8, 4) is 0 Å². The quantitative estimate of drug-likeness (QED) is 0.706. The van der Waals surface area contributed by atoms with E-state index < -0.39 is 0 Å². The molecule has 0 aromatic carbocycles. The molecule has 0 amide bonds. The van der Waals surface area contributed by atoms with Crippen LogP contribution < -0.4 is 5.73 Å². The minimum atomic E-state index is 0.515. The molecule has 0 aliphatic rings. The summed E-state index contributed by atoms with van der Waals surface area (Å²) < 4.78 is 10.4. The number of rotatable bonds is 6. The van der Waals surface area contributed by atoms with Crippen molar-refractivity contribution in [2.75, 3.05) is 25.6 Å². The molecule has 4 nitrogen and oxygen atoms in total. The summed E-state index contributed by atoms with van der Waals surface area (Å²) in [6.07, 6.45) is 0. The van der Waals surface area contributed by atoms with Gasteiger partial charge in [-0.1, -0.05) is 0 Å². The first-order chi connectivity index (χ1) is 6.33. The molecule has 1 aromatic rings. The second-order valence-corrected chi connectivity index (χ2v) is 3.32. The van der Waals surface area contributed by atoms with Crippen LogP contribution in [0.5, 0.6) is 0 Å². The van der Waals surface area contributed by atoms with Gasteiger partial charge in [0.1, 0.15) is 0 Å². The van der Waals surface area contributed by atoms with E-state index in [4.69, 9.17) is 15.2 Å². The van der Waals surface area contributed by atoms with Gasteiger partial charge in [-0.2, -0.15) is 0 Å². The lowest BCUT2D eigenvalue weighted by Crippen LogP contribution is -2.04. The van der Waals surface area contributed by atoms with Crippen LogP contribution in [-0.4, -0.2) is 24.8 Å². The maximum Gasteiger partial charge on any atom is 0.180 e. The van der Waals surface area contributed by atoms with Gasteiger partial charge < -0.3 is 15.2 Å². The van der Waals surface area contributed by atoms with E-state index in [1.54, 1.807) is 0 Å². The Morgan fingerprint density at radius 3 is 2.85 bits per heavy atom. The van der Waals surface area contributed by atoms with Crippen molar-refractivity contribution in [2.45, 2.75) is 13.5 Å². The van der Waals surface area contributed by atoms with Gasteiger partial charge in [-0.3, -0.25) is 0 Å². The van der Waals surface area contributed by atoms with E-state index in [-0.39, 0.29) is 0 Å². The zero-order chi connectivity index (χ0) is 9.52. The summed E-state index contributed by atoms with van der Waals surface area (Å²) in [6.45, 7) is 4.44. The molecule has 0 saturated carbocycles. The highest BCUT2D eigenvalue weighted by Gasteiger charge is 1.97. The normalized spacial score (nSPS) is 10.5. The molecule has 0 spiro atoms. The summed E-state index contributed by atoms with van der Waals surface area (Å²) >= 11 is 1.43. The van der Waals surface area contributed by atoms with Crippen LogP contribution in [-0.2, 0) is 16.1 Å². The molecule has 0 radical (unpaired) electrons. The Hall–Kier alpha value is -0.650. The average molecular weight is 202 g/mol. The van der Waals surface area contributed by atoms with Crippen molar-refractivity contribution in [3.63, 3.8) is 0 Å². The molecule has 2 N–H and O–H groups in total. The van der Waals surface area contributed by atoms with E-state index >= 15 is 0 Å². The molecule has 0 fully saturated rings. The first kappa shape index (κ1) is 10.4. The first-order valence-corrected chi connectivity index (χ1v) is 5.06. The number of thiazole rings is 1. The summed E-state index contributed by atoms with van der Waals surface area (Å²) in [6, 6.07) is 0. The number of nitrogen functional groups attached to an aromatic ring is 1. The fraction of sp³-hybridized carbons (Fsp3) is 0.625. The van der Waals surface area contributed by atoms with Gasteiger partial charge in [0, 0.05) is 12.0 Å². The molecule has 0 aliphatic heterocycles. The SMILES string of the molecule is CCOCCOCc1csc(N)n1. The first-order valence-electron chi connectivity index (χ1n) is 4.18. The Kier molecular flexibility index (Phi) is 4.74. The highest BCUT2D eigenvalue weighted by molar-refractivity contribution is 7.13. The van der Waals surface area contributed by atoms with Crippen LogP contribution in [0.1, 0.15) is 12.6 Å². The summed E-state index contributed by atoms with van der Waals surface area (Å²) in [5.74, 6) is 0. The van der Waals surface area contributed by atoms with E-state index in [2.05, 4.69) is 4.98 Å². The molecule has 1 aromatic heterocycles. The van der Waals surface area contributed by atoms with Crippen LogP contribution in [0, 0.1) is 0 Å². The van der Waals surface area contributed by atoms with E-state index in [1.165, 1.54) is 11.3 Å². The number of anilines is 1. The predicted molar refractivity (Wildman–Crippen MR) is 52.7 cm³/mol. The van der Waals surface area contributed by atoms with Crippen molar-refractivity contribution in [1.29, 1.82) is 0 Å². The fourth-order valence-corrected chi connectivity index (χ4v) is 1.38. The Balaban J connectivity index is 2.06. The molecule has 0 atom stereocenters. The molecular weight excluding hydrogens is 188 g/mol. The van der Waals surface area contributed by atoms with Crippen LogP contribution >= 0.6 is 11.3 Å². The molecule has 1 heterocycles. The van der Waals surface area contributed by atoms with Crippen molar-refractivity contribution >= 4 is 16.5 Å². The number of aromatic nitrogens is 1. The summed E-state index contributed by atoms with van der Waals surface area (Å²) in [5, 5.41) is 2.49. The zero-order valence-electron chi connectivity index (χ0n) is 7.66. The second-order valence-electron chi connectivity index (χ2n) is 2.43. The van der Waals surface area contributed by atoms with Crippen LogP contribution in [0.2, 0.25) is 0 Å². The number of nitrogens with zero attached hydrogens (tertiary/aromatic N) is 1. The van der Waals surface area contributed by atoms with Crippen LogP contribution in [0.25, 0.3) is 0 Å². The van der Waals surface area contributed by atoms with Crippen molar-refractivity contribution in [2.24, 2.45) is 0 Å². The Labute approximate surface area is 81.7 Å². The molecule has 0 unspecified atom stereocenters. The van der Waals surface area contributed by atoms with Gasteiger partial charge in [0.05, 0.1) is 25.5 Å². The number of hydrogen-bond donors (Lipinski definition) is 1. The van der Waals surface area contributed by atoms with Gasteiger partial charge in [0.25, 0.3) is 0 Å². The third-order valence-electron chi connectivity index (χ3n) is 1.40. The Bertz CT molecular complexity index is 240. The van der Waals surface area contributed by atoms with E-state index in [1.807, 2.05) is 12.3 Å². The highest BCUT2D eigenvalue weighted by Crippen LogP contribution is 2.11. The molecule has 1 rings (SSSR count). The summed E-state index contributed by atoms with van der Waals surface area (Å²) in [4.78, 5) is 4.06. The smallest absolute Gasteiger partial charge is 0.180 e. The lowest BCUT2D eigenvalue weighted by atomic mass is 10.5. The maximum atomic E-state index is 5.46. The largest absolute Gasteiger partial charge is 0.379 e. The number of hydrogen-bond acceptors (Lipinski definition) is 5. The Morgan fingerprint density at radius 2 is 2.23 bits per heavy atom. The number of nitrogens with two attached hydrogens (primary N) is 1. The molecule has 0 saturated heterocycles. The molecule has 13 heavy (non-hydrogen) atoms. The van der Waals surface area contributed by atoms with E-state index in [9.17, 15) is 0 Å². The molecular formula is C8H14N2O2S. The fourth-order valence-electron chi connectivity index (χ4n) is 0.828. The lowest BCUT2D eigenvalue weighted by Gasteiger charge is -2.01. The van der Waals surface area contributed by atoms with Crippen LogP contribution in [0.15, 0.2) is 5.38 Å². The Morgan fingerprint density at radius 1 is 1.46 bits per heavy atom. The maximum absolute atomic E-state index is 5.46. The van der Waals surface area contributed by atoms with Gasteiger partial charge >= 0.3 is 0 Å². The topological polar surface area (TPSA) is 57.4 Å². The molecule has 74 valence electrons. The minimum absolute atomic E-state index is 0.515. The molecule has 0 bridgehead atoms. The third kappa shape index (κ3) is 4.21. The monoisotopic (exact) mass is 202 g/mol. The van der Waals surface area contributed by atoms with Crippen molar-refractivity contribution in [1.82, 2.24) is 4.98 Å². The summed E-state index contributed by atoms with van der Waals surface area (Å²) in [7, 11) is 0. The van der Waals surface area contributed by atoms with Gasteiger partial charge in [-0.25, -0.2) is 4.98 Å². The standard InChI is InChI=1S/C8H14N2O2S/c1-2-11-3-4-12-5-7-6-13-8(9)10-7/h6H,2-5H2,1H3,(H2,9,10). The van der Waals surface area contributed by atoms with Crippen molar-refractivity contribution in [3.05, 3.63) is 11.1 Å². The lowest BCUT2D eigenvalue weighted by molar-refractivity contribution is 0.0443. The van der Waals surface area contributed by atoms with Crippen LogP contribution in [0.4, 0.5) is 5.13 Å². The second kappa shape index (κ2) is 5.90. The number of ether oxygens (including phenoxy) is 2. The molecule has 5 heteroatoms. The third-order valence-corrected chi connectivity index (χ3v) is 2.12. The summed E-state index contributed by atoms with van der Waals surface area (Å²) in [5.41, 5.74) is 6.35. The van der Waals surface area contributed by atoms with Gasteiger partial charge in [0.15, 0.2) is 5.13 Å². The minimum Gasteiger partial charge on any atom is -0.379 e. The van der Waals surface area contributed by atoms with Gasteiger partial charge in [0.2, 0.25) is 0 Å². The zero-order valence-corrected chi connectivity index (χ0v) is 8.47. The van der Waals surface area contributed by atoms with Crippen molar-refractivity contribution < 1.29 is 9.47 Å².